The molecule has 0 bridgehead atoms. The Balaban J connectivity index is 2.28. The average molecular weight is 386 g/mol. The first-order chi connectivity index (χ1) is 11.5. The molecule has 2 rings (SSSR count). The number of benzene rings is 2. The molecule has 0 aliphatic carbocycles. The maximum atomic E-state index is 12.2. The quantitative estimate of drug-likeness (QED) is 0.458. The Labute approximate surface area is 148 Å². The van der Waals surface area contributed by atoms with E-state index in [0.29, 0.717) is 11.4 Å². The largest absolute Gasteiger partial charge is 0.289 e. The lowest BCUT2D eigenvalue weighted by molar-refractivity contribution is -0.115. The van der Waals surface area contributed by atoms with Gasteiger partial charge in [-0.1, -0.05) is 46.3 Å². The van der Waals surface area contributed by atoms with E-state index < -0.39 is 11.8 Å². The van der Waals surface area contributed by atoms with E-state index in [0.717, 1.165) is 22.5 Å². The summed E-state index contributed by atoms with van der Waals surface area (Å²) in [6, 6.07) is 12.7. The third-order valence-electron chi connectivity index (χ3n) is 3.18. The normalized spacial score (nSPS) is 10.6. The number of carbonyl (C=O) groups is 2. The van der Waals surface area contributed by atoms with Gasteiger partial charge >= 0.3 is 0 Å². The van der Waals surface area contributed by atoms with Crippen LogP contribution in [0.15, 0.2) is 65.3 Å². The number of azo groups is 1. The zero-order valence-electron chi connectivity index (χ0n) is 13.1. The third kappa shape index (κ3) is 4.70. The number of hydrogen-bond donors (Lipinski definition) is 1. The van der Waals surface area contributed by atoms with Gasteiger partial charge in [-0.15, -0.1) is 5.11 Å². The van der Waals surface area contributed by atoms with Crippen LogP contribution in [0.4, 0.5) is 11.4 Å². The average Bonchev–Trinajstić information content (AvgIpc) is 2.60. The molecule has 2 aromatic rings. The second kappa shape index (κ2) is 8.31. The summed E-state index contributed by atoms with van der Waals surface area (Å²) in [6.45, 7) is 5.18. The molecule has 2 aromatic carbocycles. The molecule has 6 heteroatoms. The Hall–Kier alpha value is -2.60. The lowest BCUT2D eigenvalue weighted by Crippen LogP contribution is -2.28. The molecule has 0 atom stereocenters. The number of hydrogen-bond acceptors (Lipinski definition) is 4. The van der Waals surface area contributed by atoms with Gasteiger partial charge in [-0.25, -0.2) is 0 Å². The maximum absolute atomic E-state index is 12.2. The number of rotatable bonds is 5. The molecule has 2 amide bonds. The van der Waals surface area contributed by atoms with Crippen LogP contribution < -0.4 is 5.32 Å². The number of nitrogens with zero attached hydrogens (tertiary/aromatic N) is 2. The van der Waals surface area contributed by atoms with Crippen molar-refractivity contribution in [1.82, 2.24) is 5.32 Å². The van der Waals surface area contributed by atoms with Crippen LogP contribution in [0.25, 0.3) is 0 Å². The Kier molecular flexibility index (Phi) is 6.14. The lowest BCUT2D eigenvalue weighted by Gasteiger charge is -2.06. The molecule has 0 aromatic heterocycles. The lowest BCUT2D eigenvalue weighted by atomic mass is 10.1. The molecule has 122 valence electrons. The molecule has 0 aliphatic heterocycles. The molecule has 0 fully saturated rings. The van der Waals surface area contributed by atoms with Crippen LogP contribution >= 0.6 is 15.9 Å². The number of imide groups is 1. The molecule has 0 radical (unpaired) electrons. The van der Waals surface area contributed by atoms with Crippen molar-refractivity contribution in [3.8, 4) is 0 Å². The van der Waals surface area contributed by atoms with Gasteiger partial charge in [0.05, 0.1) is 16.9 Å². The smallest absolute Gasteiger partial charge is 0.260 e. The van der Waals surface area contributed by atoms with E-state index in [1.165, 1.54) is 0 Å². The molecule has 0 spiro atoms. The minimum absolute atomic E-state index is 0.283. The standard InChI is InChI=1S/C18H16BrN3O2/c1-3-17(23)20-18(24)15-10-12(2)4-9-16(15)22-21-14-7-5-13(11-19)6-8-14/h3-10H,1,11H2,2H3,(H,20,23,24). The number of carbonyl (C=O) groups excluding carboxylic acids is 2. The van der Waals surface area contributed by atoms with Gasteiger partial charge in [0.15, 0.2) is 0 Å². The zero-order valence-corrected chi connectivity index (χ0v) is 14.7. The van der Waals surface area contributed by atoms with Gasteiger partial charge in [-0.05, 0) is 42.8 Å². The van der Waals surface area contributed by atoms with E-state index in [1.54, 1.807) is 12.1 Å². The molecule has 5 nitrogen and oxygen atoms in total. The minimum Gasteiger partial charge on any atom is -0.289 e. The second-order valence-corrected chi connectivity index (χ2v) is 5.60. The van der Waals surface area contributed by atoms with Crippen molar-refractivity contribution in [3.63, 3.8) is 0 Å². The maximum Gasteiger partial charge on any atom is 0.260 e. The van der Waals surface area contributed by atoms with Crippen LogP contribution in [-0.4, -0.2) is 11.8 Å². The van der Waals surface area contributed by atoms with Gasteiger partial charge in [-0.3, -0.25) is 14.9 Å². The van der Waals surface area contributed by atoms with E-state index in [1.807, 2.05) is 37.3 Å². The van der Waals surface area contributed by atoms with Crippen molar-refractivity contribution in [1.29, 1.82) is 0 Å². The fraction of sp³-hybridized carbons (Fsp3) is 0.111. The summed E-state index contributed by atoms with van der Waals surface area (Å²) in [5, 5.41) is 11.3. The molecule has 0 aliphatic rings. The summed E-state index contributed by atoms with van der Waals surface area (Å²) < 4.78 is 0. The Morgan fingerprint density at radius 3 is 2.50 bits per heavy atom. The van der Waals surface area contributed by atoms with Crippen molar-refractivity contribution in [2.75, 3.05) is 0 Å². The van der Waals surface area contributed by atoms with Gasteiger partial charge < -0.3 is 0 Å². The van der Waals surface area contributed by atoms with Gasteiger partial charge in [0.2, 0.25) is 5.91 Å². The molecule has 24 heavy (non-hydrogen) atoms. The van der Waals surface area contributed by atoms with Crippen molar-refractivity contribution >= 4 is 39.1 Å². The second-order valence-electron chi connectivity index (χ2n) is 5.04. The van der Waals surface area contributed by atoms with Crippen LogP contribution in [0, 0.1) is 6.92 Å². The third-order valence-corrected chi connectivity index (χ3v) is 3.83. The number of amides is 2. The minimum atomic E-state index is -0.560. The topological polar surface area (TPSA) is 70.9 Å². The number of nitrogens with one attached hydrogen (secondary N) is 1. The van der Waals surface area contributed by atoms with Crippen LogP contribution in [0.5, 0.6) is 0 Å². The van der Waals surface area contributed by atoms with E-state index in [-0.39, 0.29) is 5.56 Å². The van der Waals surface area contributed by atoms with Crippen molar-refractivity contribution in [2.24, 2.45) is 10.2 Å². The van der Waals surface area contributed by atoms with Crippen LogP contribution in [0.1, 0.15) is 21.5 Å². The predicted octanol–water partition coefficient (Wildman–Crippen LogP) is 4.75. The highest BCUT2D eigenvalue weighted by molar-refractivity contribution is 9.08. The van der Waals surface area contributed by atoms with E-state index in [2.05, 4.69) is 38.1 Å². The van der Waals surface area contributed by atoms with Gasteiger partial charge in [0.1, 0.15) is 0 Å². The summed E-state index contributed by atoms with van der Waals surface area (Å²) >= 11 is 3.38. The Morgan fingerprint density at radius 1 is 1.17 bits per heavy atom. The molecular formula is C18H16BrN3O2. The number of aryl methyl sites for hydroxylation is 1. The predicted molar refractivity (Wildman–Crippen MR) is 97.1 cm³/mol. The van der Waals surface area contributed by atoms with E-state index in [4.69, 9.17) is 0 Å². The van der Waals surface area contributed by atoms with Gasteiger partial charge in [0.25, 0.3) is 5.91 Å². The monoisotopic (exact) mass is 385 g/mol. The summed E-state index contributed by atoms with van der Waals surface area (Å²) in [5.74, 6) is -1.10. The number of alkyl halides is 1. The Morgan fingerprint density at radius 2 is 1.88 bits per heavy atom. The summed E-state index contributed by atoms with van der Waals surface area (Å²) in [5.41, 5.74) is 3.36. The molecule has 0 unspecified atom stereocenters. The van der Waals surface area contributed by atoms with E-state index in [9.17, 15) is 9.59 Å². The van der Waals surface area contributed by atoms with Gasteiger partial charge in [-0.2, -0.15) is 5.11 Å². The molecule has 0 saturated carbocycles. The van der Waals surface area contributed by atoms with Crippen molar-refractivity contribution < 1.29 is 9.59 Å². The van der Waals surface area contributed by atoms with Crippen LogP contribution in [0.2, 0.25) is 0 Å². The van der Waals surface area contributed by atoms with Gasteiger partial charge in [0, 0.05) is 5.33 Å². The fourth-order valence-corrected chi connectivity index (χ4v) is 2.29. The highest BCUT2D eigenvalue weighted by Gasteiger charge is 2.13. The summed E-state index contributed by atoms with van der Waals surface area (Å²) in [4.78, 5) is 23.5. The van der Waals surface area contributed by atoms with Crippen LogP contribution in [-0.2, 0) is 10.1 Å². The summed E-state index contributed by atoms with van der Waals surface area (Å²) in [6.07, 6.45) is 1.04. The van der Waals surface area contributed by atoms with Crippen LogP contribution in [0.3, 0.4) is 0 Å². The first-order valence-electron chi connectivity index (χ1n) is 7.18. The molecule has 1 N–H and O–H groups in total. The highest BCUT2D eigenvalue weighted by atomic mass is 79.9. The van der Waals surface area contributed by atoms with Crippen molar-refractivity contribution in [3.05, 3.63) is 71.8 Å². The zero-order chi connectivity index (χ0) is 17.5. The molecular weight excluding hydrogens is 370 g/mol. The van der Waals surface area contributed by atoms with Crippen molar-refractivity contribution in [2.45, 2.75) is 12.3 Å². The summed E-state index contributed by atoms with van der Waals surface area (Å²) in [7, 11) is 0. The van der Waals surface area contributed by atoms with E-state index >= 15 is 0 Å². The Bertz CT molecular complexity index is 798. The molecule has 0 saturated heterocycles. The molecule has 0 heterocycles. The highest BCUT2D eigenvalue weighted by Crippen LogP contribution is 2.24. The first kappa shape index (κ1) is 17.7. The number of halogens is 1. The SMILES string of the molecule is C=CC(=O)NC(=O)c1cc(C)ccc1N=Nc1ccc(CBr)cc1. The fourth-order valence-electron chi connectivity index (χ4n) is 1.91. The first-order valence-corrected chi connectivity index (χ1v) is 8.30.